The zero-order valence-corrected chi connectivity index (χ0v) is 13.5. The number of H-pyrrole nitrogens is 2. The van der Waals surface area contributed by atoms with Gasteiger partial charge in [-0.3, -0.25) is 4.68 Å². The Kier molecular flexibility index (Phi) is 2.91. The highest BCUT2D eigenvalue weighted by molar-refractivity contribution is 5.79. The molecule has 0 unspecified atom stereocenters. The molecular weight excluding hydrogens is 286 g/mol. The van der Waals surface area contributed by atoms with E-state index in [0.29, 0.717) is 0 Å². The van der Waals surface area contributed by atoms with Crippen LogP contribution in [0.4, 0.5) is 0 Å². The molecule has 4 aromatic rings. The van der Waals surface area contributed by atoms with Crippen molar-refractivity contribution in [3.8, 4) is 22.9 Å². The highest BCUT2D eigenvalue weighted by Gasteiger charge is 2.22. The summed E-state index contributed by atoms with van der Waals surface area (Å²) in [6.07, 6.45) is 1.93. The Morgan fingerprint density at radius 2 is 1.87 bits per heavy atom. The molecule has 0 saturated carbocycles. The van der Waals surface area contributed by atoms with Gasteiger partial charge in [0.15, 0.2) is 5.82 Å². The third kappa shape index (κ3) is 2.34. The van der Waals surface area contributed by atoms with Gasteiger partial charge in [0.05, 0.1) is 28.0 Å². The molecule has 5 nitrogen and oxygen atoms in total. The fourth-order valence-corrected chi connectivity index (χ4v) is 2.76. The Hall–Kier alpha value is -2.82. The maximum atomic E-state index is 4.81. The first kappa shape index (κ1) is 13.8. The second-order valence-electron chi connectivity index (χ2n) is 6.68. The summed E-state index contributed by atoms with van der Waals surface area (Å²) in [5.41, 5.74) is 4.81. The molecule has 1 aromatic carbocycles. The maximum absolute atomic E-state index is 4.81. The van der Waals surface area contributed by atoms with Crippen molar-refractivity contribution in [2.75, 3.05) is 0 Å². The molecule has 0 bridgehead atoms. The van der Waals surface area contributed by atoms with Crippen LogP contribution in [0.15, 0.2) is 48.7 Å². The van der Waals surface area contributed by atoms with Crippen LogP contribution in [0.2, 0.25) is 0 Å². The molecule has 0 aliphatic heterocycles. The molecule has 116 valence electrons. The van der Waals surface area contributed by atoms with Gasteiger partial charge in [-0.15, -0.1) is 0 Å². The minimum atomic E-state index is -0.120. The minimum Gasteiger partial charge on any atom is -0.360 e. The second kappa shape index (κ2) is 4.84. The molecule has 4 rings (SSSR count). The van der Waals surface area contributed by atoms with Gasteiger partial charge in [0.1, 0.15) is 5.69 Å². The van der Waals surface area contributed by atoms with Crippen molar-refractivity contribution >= 4 is 11.0 Å². The van der Waals surface area contributed by atoms with Gasteiger partial charge in [0, 0.05) is 6.20 Å². The van der Waals surface area contributed by atoms with E-state index in [-0.39, 0.29) is 5.54 Å². The Morgan fingerprint density at radius 1 is 1.04 bits per heavy atom. The monoisotopic (exact) mass is 305 g/mol. The summed E-state index contributed by atoms with van der Waals surface area (Å²) >= 11 is 0. The number of fused-ring (bicyclic) bond motifs is 1. The predicted octanol–water partition coefficient (Wildman–Crippen LogP) is 4.18. The lowest BCUT2D eigenvalue weighted by Crippen LogP contribution is -2.24. The second-order valence-corrected chi connectivity index (χ2v) is 6.68. The quantitative estimate of drug-likeness (QED) is 0.583. The summed E-state index contributed by atoms with van der Waals surface area (Å²) in [5, 5.41) is 4.81. The number of para-hydroxylation sites is 2. The van der Waals surface area contributed by atoms with Gasteiger partial charge in [-0.2, -0.15) is 5.10 Å². The lowest BCUT2D eigenvalue weighted by Gasteiger charge is -2.22. The van der Waals surface area contributed by atoms with E-state index < -0.39 is 0 Å². The Balaban J connectivity index is 1.89. The number of benzene rings is 1. The number of hydrogen-bond acceptors (Lipinski definition) is 2. The standard InChI is InChI=1S/C18H19N5/c1-18(2,3)23-16(14-9-6-10-19-14)11-15(22-23)17-20-12-7-4-5-8-13(12)21-17/h4-11,19H,1-3H3,(H,20,21). The number of imidazole rings is 1. The molecule has 0 aliphatic rings. The topological polar surface area (TPSA) is 62.3 Å². The van der Waals surface area contributed by atoms with Gasteiger partial charge in [-0.1, -0.05) is 12.1 Å². The summed E-state index contributed by atoms with van der Waals surface area (Å²) in [4.78, 5) is 11.3. The van der Waals surface area contributed by atoms with Gasteiger partial charge >= 0.3 is 0 Å². The van der Waals surface area contributed by atoms with Crippen molar-refractivity contribution in [1.29, 1.82) is 0 Å². The summed E-state index contributed by atoms with van der Waals surface area (Å²) in [5.74, 6) is 0.794. The summed E-state index contributed by atoms with van der Waals surface area (Å²) < 4.78 is 2.04. The molecule has 0 aliphatic carbocycles. The van der Waals surface area contributed by atoms with E-state index in [4.69, 9.17) is 5.10 Å². The molecule has 0 fully saturated rings. The van der Waals surface area contributed by atoms with E-state index in [1.165, 1.54) is 0 Å². The number of aromatic nitrogens is 5. The third-order valence-electron chi connectivity index (χ3n) is 3.85. The fraction of sp³-hybridized carbons (Fsp3) is 0.222. The van der Waals surface area contributed by atoms with Crippen LogP contribution in [0.25, 0.3) is 33.9 Å². The SMILES string of the molecule is CC(C)(C)n1nc(-c2nc3ccccc3[nH]2)cc1-c1ccc[nH]1. The van der Waals surface area contributed by atoms with E-state index in [1.807, 2.05) is 41.2 Å². The van der Waals surface area contributed by atoms with Gasteiger partial charge in [0.2, 0.25) is 0 Å². The summed E-state index contributed by atoms with van der Waals surface area (Å²) in [6.45, 7) is 6.44. The molecule has 0 saturated heterocycles. The van der Waals surface area contributed by atoms with Crippen molar-refractivity contribution in [3.05, 3.63) is 48.7 Å². The normalized spacial score (nSPS) is 12.1. The van der Waals surface area contributed by atoms with Crippen molar-refractivity contribution in [2.45, 2.75) is 26.3 Å². The Bertz CT molecular complexity index is 918. The molecule has 3 aromatic heterocycles. The maximum Gasteiger partial charge on any atom is 0.159 e. The van der Waals surface area contributed by atoms with Gasteiger partial charge in [0.25, 0.3) is 0 Å². The van der Waals surface area contributed by atoms with Gasteiger partial charge in [-0.25, -0.2) is 4.98 Å². The highest BCUT2D eigenvalue weighted by atomic mass is 15.3. The molecule has 3 heterocycles. The fourth-order valence-electron chi connectivity index (χ4n) is 2.76. The van der Waals surface area contributed by atoms with Gasteiger partial charge < -0.3 is 9.97 Å². The first-order valence-electron chi connectivity index (χ1n) is 7.72. The van der Waals surface area contributed by atoms with Crippen LogP contribution in [-0.2, 0) is 5.54 Å². The lowest BCUT2D eigenvalue weighted by atomic mass is 10.1. The zero-order valence-electron chi connectivity index (χ0n) is 13.5. The number of hydrogen-bond donors (Lipinski definition) is 2. The van der Waals surface area contributed by atoms with Crippen molar-refractivity contribution in [3.63, 3.8) is 0 Å². The van der Waals surface area contributed by atoms with Crippen LogP contribution in [0, 0.1) is 0 Å². The van der Waals surface area contributed by atoms with Crippen LogP contribution in [0.5, 0.6) is 0 Å². The van der Waals surface area contributed by atoms with Crippen LogP contribution >= 0.6 is 0 Å². The molecule has 5 heteroatoms. The molecular formula is C18H19N5. The number of rotatable bonds is 2. The minimum absolute atomic E-state index is 0.120. The number of nitrogens with zero attached hydrogens (tertiary/aromatic N) is 3. The summed E-state index contributed by atoms with van der Waals surface area (Å²) in [7, 11) is 0. The third-order valence-corrected chi connectivity index (χ3v) is 3.85. The number of nitrogens with one attached hydrogen (secondary N) is 2. The molecule has 0 spiro atoms. The van der Waals surface area contributed by atoms with E-state index in [1.54, 1.807) is 0 Å². The van der Waals surface area contributed by atoms with Crippen molar-refractivity contribution in [1.82, 2.24) is 24.7 Å². The lowest BCUT2D eigenvalue weighted by molar-refractivity contribution is 0.360. The van der Waals surface area contributed by atoms with Crippen LogP contribution in [-0.4, -0.2) is 24.7 Å². The molecule has 0 atom stereocenters. The first-order valence-corrected chi connectivity index (χ1v) is 7.72. The average molecular weight is 305 g/mol. The predicted molar refractivity (Wildman–Crippen MR) is 92.1 cm³/mol. The van der Waals surface area contributed by atoms with E-state index in [0.717, 1.165) is 33.9 Å². The van der Waals surface area contributed by atoms with Crippen LogP contribution < -0.4 is 0 Å². The Morgan fingerprint density at radius 3 is 2.57 bits per heavy atom. The molecule has 0 amide bonds. The largest absolute Gasteiger partial charge is 0.360 e. The molecule has 2 N–H and O–H groups in total. The molecule has 23 heavy (non-hydrogen) atoms. The highest BCUT2D eigenvalue weighted by Crippen LogP contribution is 2.29. The number of aromatic amines is 2. The van der Waals surface area contributed by atoms with E-state index in [2.05, 4.69) is 47.9 Å². The van der Waals surface area contributed by atoms with Crippen LogP contribution in [0.1, 0.15) is 20.8 Å². The Labute approximate surface area is 134 Å². The van der Waals surface area contributed by atoms with E-state index in [9.17, 15) is 0 Å². The van der Waals surface area contributed by atoms with Gasteiger partial charge in [-0.05, 0) is 51.1 Å². The average Bonchev–Trinajstić information content (AvgIpc) is 3.23. The van der Waals surface area contributed by atoms with Crippen LogP contribution in [0.3, 0.4) is 0 Å². The first-order chi connectivity index (χ1) is 11.0. The zero-order chi connectivity index (χ0) is 16.0. The van der Waals surface area contributed by atoms with Crippen molar-refractivity contribution < 1.29 is 0 Å². The van der Waals surface area contributed by atoms with Crippen molar-refractivity contribution in [2.24, 2.45) is 0 Å². The summed E-state index contributed by atoms with van der Waals surface area (Å²) in [6, 6.07) is 14.2. The van der Waals surface area contributed by atoms with E-state index >= 15 is 0 Å². The smallest absolute Gasteiger partial charge is 0.159 e. The molecule has 0 radical (unpaired) electrons.